The lowest BCUT2D eigenvalue weighted by Gasteiger charge is -2.32. The molecule has 3 N–H and O–H groups in total. The van der Waals surface area contributed by atoms with Crippen LogP contribution in [0.3, 0.4) is 0 Å². The van der Waals surface area contributed by atoms with Gasteiger partial charge in [-0.1, -0.05) is 24.3 Å². The molecule has 31 heavy (non-hydrogen) atoms. The van der Waals surface area contributed by atoms with E-state index in [1.54, 1.807) is 14.2 Å². The number of ether oxygens (including phenoxy) is 1. The number of aliphatic imine (C=N–C) groups is 1. The minimum Gasteiger partial charge on any atom is -0.496 e. The van der Waals surface area contributed by atoms with Crippen molar-refractivity contribution in [3.05, 3.63) is 53.7 Å². The van der Waals surface area contributed by atoms with Gasteiger partial charge in [-0.2, -0.15) is 0 Å². The molecule has 1 aromatic heterocycles. The second-order valence-electron chi connectivity index (χ2n) is 7.72. The van der Waals surface area contributed by atoms with E-state index in [0.717, 1.165) is 54.6 Å². The van der Waals surface area contributed by atoms with Crippen LogP contribution in [0.5, 0.6) is 5.75 Å². The summed E-state index contributed by atoms with van der Waals surface area (Å²) >= 11 is 0. The lowest BCUT2D eigenvalue weighted by atomic mass is 9.96. The Morgan fingerprint density at radius 1 is 1.26 bits per heavy atom. The van der Waals surface area contributed by atoms with Crippen LogP contribution in [0.15, 0.2) is 47.6 Å². The van der Waals surface area contributed by atoms with E-state index in [4.69, 9.17) is 10.5 Å². The van der Waals surface area contributed by atoms with Crippen LogP contribution in [0.1, 0.15) is 24.0 Å². The van der Waals surface area contributed by atoms with Crippen molar-refractivity contribution in [2.45, 2.75) is 25.9 Å². The summed E-state index contributed by atoms with van der Waals surface area (Å²) in [7, 11) is 5.46. The van der Waals surface area contributed by atoms with Crippen molar-refractivity contribution >= 4 is 17.7 Å². The van der Waals surface area contributed by atoms with E-state index in [2.05, 4.69) is 37.2 Å². The Balaban J connectivity index is 1.64. The Hall–Kier alpha value is -3.29. The summed E-state index contributed by atoms with van der Waals surface area (Å²) in [5.41, 5.74) is 7.65. The van der Waals surface area contributed by atoms with Crippen molar-refractivity contribution in [3.8, 4) is 5.75 Å². The highest BCUT2D eigenvalue weighted by Gasteiger charge is 2.25. The van der Waals surface area contributed by atoms with Crippen molar-refractivity contribution in [2.75, 3.05) is 39.2 Å². The minimum absolute atomic E-state index is 0.0380. The lowest BCUT2D eigenvalue weighted by Crippen LogP contribution is -2.40. The van der Waals surface area contributed by atoms with Crippen LogP contribution >= 0.6 is 0 Å². The number of methoxy groups -OCH3 is 1. The monoisotopic (exact) mass is 424 g/mol. The van der Waals surface area contributed by atoms with Crippen molar-refractivity contribution < 1.29 is 9.53 Å². The second-order valence-corrected chi connectivity index (χ2v) is 7.72. The minimum atomic E-state index is -0.204. The number of hydrogen-bond donors (Lipinski definition) is 2. The largest absolute Gasteiger partial charge is 0.496 e. The van der Waals surface area contributed by atoms with Crippen LogP contribution in [0.4, 0.5) is 5.82 Å². The number of rotatable bonds is 7. The number of nitrogens with two attached hydrogens (primary N) is 1. The number of amides is 1. The number of carbonyl (C=O) groups is 1. The fraction of sp³-hybridized carbons (Fsp3) is 0.435. The maximum Gasteiger partial charge on any atom is 0.220 e. The fourth-order valence-electron chi connectivity index (χ4n) is 3.95. The van der Waals surface area contributed by atoms with Crippen LogP contribution < -0.4 is 20.7 Å². The summed E-state index contributed by atoms with van der Waals surface area (Å²) in [6, 6.07) is 12.0. The summed E-state index contributed by atoms with van der Waals surface area (Å²) in [5, 5.41) is 3.44. The molecule has 0 bridgehead atoms. The van der Waals surface area contributed by atoms with Crippen LogP contribution in [-0.2, 0) is 17.9 Å². The number of primary amides is 1. The van der Waals surface area contributed by atoms with E-state index in [1.807, 2.05) is 37.5 Å². The summed E-state index contributed by atoms with van der Waals surface area (Å²) in [4.78, 5) is 24.8. The molecule has 1 aliphatic heterocycles. The van der Waals surface area contributed by atoms with Gasteiger partial charge in [0.15, 0.2) is 5.96 Å². The maximum absolute atomic E-state index is 11.5. The maximum atomic E-state index is 11.5. The molecule has 0 unspecified atom stereocenters. The van der Waals surface area contributed by atoms with Gasteiger partial charge in [0.2, 0.25) is 5.91 Å². The predicted molar refractivity (Wildman–Crippen MR) is 123 cm³/mol. The van der Waals surface area contributed by atoms with Crippen molar-refractivity contribution in [3.63, 3.8) is 0 Å². The number of nitrogens with zero attached hydrogens (tertiary/aromatic N) is 4. The van der Waals surface area contributed by atoms with E-state index in [1.165, 1.54) is 0 Å². The third-order valence-electron chi connectivity index (χ3n) is 5.67. The molecule has 8 heteroatoms. The SMILES string of the molecule is CN=C(NCc1cccnc1N1CCC(C(N)=O)CC1)N(C)Cc1ccccc1OC. The first-order valence-corrected chi connectivity index (χ1v) is 10.5. The first kappa shape index (κ1) is 22.4. The summed E-state index contributed by atoms with van der Waals surface area (Å²) < 4.78 is 5.46. The first-order valence-electron chi connectivity index (χ1n) is 10.5. The van der Waals surface area contributed by atoms with Gasteiger partial charge in [-0.25, -0.2) is 4.98 Å². The molecule has 0 saturated carbocycles. The number of pyridine rings is 1. The van der Waals surface area contributed by atoms with E-state index in [0.29, 0.717) is 13.1 Å². The van der Waals surface area contributed by atoms with Gasteiger partial charge in [0.25, 0.3) is 0 Å². The number of benzene rings is 1. The highest BCUT2D eigenvalue weighted by Crippen LogP contribution is 2.24. The average molecular weight is 425 g/mol. The molecule has 0 atom stereocenters. The smallest absolute Gasteiger partial charge is 0.220 e. The van der Waals surface area contributed by atoms with Crippen LogP contribution in [0.2, 0.25) is 0 Å². The quantitative estimate of drug-likeness (QED) is 0.521. The molecular formula is C23H32N6O2. The Bertz CT molecular complexity index is 908. The third kappa shape index (κ3) is 5.65. The predicted octanol–water partition coefficient (Wildman–Crippen LogP) is 2.00. The Morgan fingerprint density at radius 2 is 1.97 bits per heavy atom. The standard InChI is InChI=1S/C23H32N6O2/c1-25-23(28(2)16-19-7-4-5-9-20(19)31-3)27-15-18-8-6-12-26-22(18)29-13-10-17(11-14-29)21(24)30/h4-9,12,17H,10-11,13-16H2,1-3H3,(H2,24,30)(H,25,27). The van der Waals surface area contributed by atoms with Crippen LogP contribution in [-0.4, -0.2) is 56.0 Å². The molecule has 1 fully saturated rings. The zero-order valence-electron chi connectivity index (χ0n) is 18.5. The first-order chi connectivity index (χ1) is 15.0. The number of nitrogens with one attached hydrogen (secondary N) is 1. The number of guanidine groups is 1. The normalized spacial score (nSPS) is 14.9. The lowest BCUT2D eigenvalue weighted by molar-refractivity contribution is -0.122. The van der Waals surface area contributed by atoms with Gasteiger partial charge < -0.3 is 25.6 Å². The molecule has 0 spiro atoms. The van der Waals surface area contributed by atoms with Gasteiger partial charge in [0, 0.05) is 63.5 Å². The zero-order valence-corrected chi connectivity index (χ0v) is 18.5. The summed E-state index contributed by atoms with van der Waals surface area (Å²) in [6.07, 6.45) is 3.34. The molecule has 1 aliphatic rings. The fourth-order valence-corrected chi connectivity index (χ4v) is 3.95. The van der Waals surface area contributed by atoms with Gasteiger partial charge in [0.1, 0.15) is 11.6 Å². The Labute approximate surface area is 184 Å². The van der Waals surface area contributed by atoms with Crippen molar-refractivity contribution in [1.29, 1.82) is 0 Å². The Morgan fingerprint density at radius 3 is 2.65 bits per heavy atom. The second kappa shape index (κ2) is 10.7. The average Bonchev–Trinajstić information content (AvgIpc) is 2.80. The van der Waals surface area contributed by atoms with E-state index < -0.39 is 0 Å². The molecule has 8 nitrogen and oxygen atoms in total. The molecule has 1 amide bonds. The van der Waals surface area contributed by atoms with Crippen molar-refractivity contribution in [1.82, 2.24) is 15.2 Å². The van der Waals surface area contributed by atoms with Crippen molar-refractivity contribution in [2.24, 2.45) is 16.6 Å². The highest BCUT2D eigenvalue weighted by molar-refractivity contribution is 5.80. The molecule has 1 aromatic carbocycles. The number of para-hydroxylation sites is 1. The number of piperidine rings is 1. The van der Waals surface area contributed by atoms with Gasteiger partial charge in [-0.15, -0.1) is 0 Å². The van der Waals surface area contributed by atoms with Gasteiger partial charge in [0.05, 0.1) is 7.11 Å². The Kier molecular flexibility index (Phi) is 7.70. The highest BCUT2D eigenvalue weighted by atomic mass is 16.5. The summed E-state index contributed by atoms with van der Waals surface area (Å²) in [6.45, 7) is 2.83. The zero-order chi connectivity index (χ0) is 22.2. The molecule has 166 valence electrons. The topological polar surface area (TPSA) is 96.1 Å². The molecule has 2 aromatic rings. The molecule has 2 heterocycles. The number of hydrogen-bond acceptors (Lipinski definition) is 5. The molecule has 3 rings (SSSR count). The number of aromatic nitrogens is 1. The van der Waals surface area contributed by atoms with Crippen LogP contribution in [0.25, 0.3) is 0 Å². The molecule has 0 radical (unpaired) electrons. The molecular weight excluding hydrogens is 392 g/mol. The van der Waals surface area contributed by atoms with Crippen LogP contribution in [0, 0.1) is 5.92 Å². The van der Waals surface area contributed by atoms with Gasteiger partial charge in [-0.3, -0.25) is 9.79 Å². The van der Waals surface area contributed by atoms with E-state index in [9.17, 15) is 4.79 Å². The van der Waals surface area contributed by atoms with Gasteiger partial charge in [-0.05, 0) is 25.0 Å². The molecule has 1 saturated heterocycles. The van der Waals surface area contributed by atoms with E-state index in [-0.39, 0.29) is 11.8 Å². The number of carbonyl (C=O) groups excluding carboxylic acids is 1. The van der Waals surface area contributed by atoms with Gasteiger partial charge >= 0.3 is 0 Å². The number of anilines is 1. The third-order valence-corrected chi connectivity index (χ3v) is 5.67. The van der Waals surface area contributed by atoms with E-state index >= 15 is 0 Å². The summed E-state index contributed by atoms with van der Waals surface area (Å²) in [5.74, 6) is 2.35. The molecule has 0 aliphatic carbocycles.